The van der Waals surface area contributed by atoms with Crippen LogP contribution in [0.2, 0.25) is 0 Å². The van der Waals surface area contributed by atoms with E-state index >= 15 is 0 Å². The molecule has 0 saturated heterocycles. The normalized spacial score (nSPS) is 15.2. The van der Waals surface area contributed by atoms with E-state index in [-0.39, 0.29) is 6.61 Å². The number of aryl methyl sites for hydroxylation is 2. The molecule has 0 saturated carbocycles. The summed E-state index contributed by atoms with van der Waals surface area (Å²) in [5.74, 6) is 0.626. The van der Waals surface area contributed by atoms with E-state index in [1.54, 1.807) is 22.2 Å². The number of hydrogen-bond donors (Lipinski definition) is 0. The SMILES string of the molecule is CC(=NOCc1nc2c3c4c(sc3ncn2n1)CCCCC4)c1cccs1. The van der Waals surface area contributed by atoms with Gasteiger partial charge in [0.1, 0.15) is 11.2 Å². The molecule has 4 aromatic rings. The minimum atomic E-state index is 0.248. The summed E-state index contributed by atoms with van der Waals surface area (Å²) in [6.07, 6.45) is 7.82. The zero-order valence-electron chi connectivity index (χ0n) is 15.0. The van der Waals surface area contributed by atoms with E-state index in [2.05, 4.69) is 15.2 Å². The predicted octanol–water partition coefficient (Wildman–Crippen LogP) is 4.61. The van der Waals surface area contributed by atoms with Crippen LogP contribution in [0, 0.1) is 0 Å². The minimum Gasteiger partial charge on any atom is -0.387 e. The molecule has 0 radical (unpaired) electrons. The molecule has 6 nitrogen and oxygen atoms in total. The first kappa shape index (κ1) is 16.8. The van der Waals surface area contributed by atoms with E-state index in [1.807, 2.05) is 35.8 Å². The van der Waals surface area contributed by atoms with Crippen LogP contribution in [0.4, 0.5) is 0 Å². The summed E-state index contributed by atoms with van der Waals surface area (Å²) in [4.78, 5) is 18.5. The summed E-state index contributed by atoms with van der Waals surface area (Å²) >= 11 is 3.46. The smallest absolute Gasteiger partial charge is 0.192 e. The standard InChI is InChI=1S/C19H19N5OS2/c1-12(14-8-5-9-26-14)23-25-10-16-21-18-17-13-6-3-2-4-7-15(13)27-19(17)20-11-24(18)22-16/h5,8-9,11H,2-4,6-7,10H2,1H3. The van der Waals surface area contributed by atoms with Gasteiger partial charge in [0, 0.05) is 4.88 Å². The third-order valence-corrected chi connectivity index (χ3v) is 7.04. The van der Waals surface area contributed by atoms with Crippen molar-refractivity contribution < 1.29 is 4.84 Å². The van der Waals surface area contributed by atoms with E-state index in [0.717, 1.165) is 33.9 Å². The number of nitrogens with zero attached hydrogens (tertiary/aromatic N) is 5. The van der Waals surface area contributed by atoms with Crippen molar-refractivity contribution in [1.82, 2.24) is 19.6 Å². The maximum atomic E-state index is 5.50. The molecular formula is C19H19N5OS2. The Hall–Kier alpha value is -2.32. The summed E-state index contributed by atoms with van der Waals surface area (Å²) < 4.78 is 1.77. The lowest BCUT2D eigenvalue weighted by Crippen LogP contribution is -1.96. The van der Waals surface area contributed by atoms with E-state index < -0.39 is 0 Å². The molecule has 0 fully saturated rings. The van der Waals surface area contributed by atoms with Gasteiger partial charge < -0.3 is 4.84 Å². The maximum absolute atomic E-state index is 5.50. The lowest BCUT2D eigenvalue weighted by atomic mass is 10.1. The summed E-state index contributed by atoms with van der Waals surface area (Å²) in [6, 6.07) is 4.03. The summed E-state index contributed by atoms with van der Waals surface area (Å²) in [6.45, 7) is 2.19. The Morgan fingerprint density at radius 2 is 2.22 bits per heavy atom. The van der Waals surface area contributed by atoms with E-state index in [1.165, 1.54) is 35.1 Å². The van der Waals surface area contributed by atoms with Crippen molar-refractivity contribution in [2.45, 2.75) is 45.6 Å². The first-order valence-corrected chi connectivity index (χ1v) is 10.8. The molecule has 1 aliphatic carbocycles. The molecular weight excluding hydrogens is 378 g/mol. The molecule has 0 aliphatic heterocycles. The number of oxime groups is 1. The van der Waals surface area contributed by atoms with Gasteiger partial charge in [-0.05, 0) is 49.6 Å². The molecule has 0 unspecified atom stereocenters. The average molecular weight is 398 g/mol. The van der Waals surface area contributed by atoms with Gasteiger partial charge in [0.25, 0.3) is 0 Å². The van der Waals surface area contributed by atoms with Crippen molar-refractivity contribution in [2.24, 2.45) is 5.16 Å². The number of thiophene rings is 2. The van der Waals surface area contributed by atoms with Gasteiger partial charge in [-0.15, -0.1) is 27.8 Å². The largest absolute Gasteiger partial charge is 0.387 e. The Balaban J connectivity index is 1.45. The highest BCUT2D eigenvalue weighted by Crippen LogP contribution is 2.36. The van der Waals surface area contributed by atoms with Crippen molar-refractivity contribution in [3.05, 3.63) is 45.0 Å². The summed E-state index contributed by atoms with van der Waals surface area (Å²) in [5.41, 5.74) is 3.18. The van der Waals surface area contributed by atoms with Crippen molar-refractivity contribution in [3.8, 4) is 0 Å². The van der Waals surface area contributed by atoms with Gasteiger partial charge in [0.15, 0.2) is 18.1 Å². The van der Waals surface area contributed by atoms with Gasteiger partial charge in [-0.1, -0.05) is 17.6 Å². The van der Waals surface area contributed by atoms with Crippen molar-refractivity contribution >= 4 is 44.2 Å². The fourth-order valence-corrected chi connectivity index (χ4v) is 5.45. The van der Waals surface area contributed by atoms with Crippen LogP contribution in [0.5, 0.6) is 0 Å². The highest BCUT2D eigenvalue weighted by Gasteiger charge is 2.20. The van der Waals surface area contributed by atoms with Gasteiger partial charge in [-0.3, -0.25) is 0 Å². The zero-order valence-corrected chi connectivity index (χ0v) is 16.6. The quantitative estimate of drug-likeness (QED) is 0.287. The lowest BCUT2D eigenvalue weighted by Gasteiger charge is -1.98. The van der Waals surface area contributed by atoms with Crippen molar-refractivity contribution in [2.75, 3.05) is 0 Å². The molecule has 138 valence electrons. The number of hydrogen-bond acceptors (Lipinski definition) is 7. The maximum Gasteiger partial charge on any atom is 0.192 e. The second-order valence-electron chi connectivity index (χ2n) is 6.71. The monoisotopic (exact) mass is 397 g/mol. The molecule has 1 aliphatic rings. The number of rotatable bonds is 4. The van der Waals surface area contributed by atoms with E-state index in [9.17, 15) is 0 Å². The molecule has 0 aromatic carbocycles. The molecule has 0 atom stereocenters. The Morgan fingerprint density at radius 3 is 3.11 bits per heavy atom. The van der Waals surface area contributed by atoms with Gasteiger partial charge in [-0.25, -0.2) is 14.5 Å². The molecule has 0 bridgehead atoms. The van der Waals surface area contributed by atoms with Gasteiger partial charge >= 0.3 is 0 Å². The third kappa shape index (κ3) is 3.12. The van der Waals surface area contributed by atoms with Crippen molar-refractivity contribution in [3.63, 3.8) is 0 Å². The second kappa shape index (κ2) is 7.01. The number of aromatic nitrogens is 4. The first-order valence-electron chi connectivity index (χ1n) is 9.14. The molecule has 8 heteroatoms. The van der Waals surface area contributed by atoms with Crippen LogP contribution in [-0.2, 0) is 24.3 Å². The van der Waals surface area contributed by atoms with Gasteiger partial charge in [-0.2, -0.15) is 0 Å². The topological polar surface area (TPSA) is 64.7 Å². The van der Waals surface area contributed by atoms with E-state index in [0.29, 0.717) is 5.82 Å². The Morgan fingerprint density at radius 1 is 1.30 bits per heavy atom. The van der Waals surface area contributed by atoms with Crippen LogP contribution in [-0.4, -0.2) is 25.3 Å². The molecule has 0 spiro atoms. The van der Waals surface area contributed by atoms with E-state index in [4.69, 9.17) is 9.82 Å². The first-order chi connectivity index (χ1) is 13.3. The Kier molecular flexibility index (Phi) is 4.37. The van der Waals surface area contributed by atoms with Crippen LogP contribution in [0.3, 0.4) is 0 Å². The molecule has 0 amide bonds. The molecule has 0 N–H and O–H groups in total. The zero-order chi connectivity index (χ0) is 18.2. The second-order valence-corrected chi connectivity index (χ2v) is 8.74. The lowest BCUT2D eigenvalue weighted by molar-refractivity contribution is 0.125. The highest BCUT2D eigenvalue weighted by atomic mass is 32.1. The Labute approximate surface area is 164 Å². The third-order valence-electron chi connectivity index (χ3n) is 4.86. The van der Waals surface area contributed by atoms with Crippen LogP contribution in [0.1, 0.15) is 47.3 Å². The molecule has 27 heavy (non-hydrogen) atoms. The van der Waals surface area contributed by atoms with Gasteiger partial charge in [0.2, 0.25) is 0 Å². The van der Waals surface area contributed by atoms with Crippen LogP contribution >= 0.6 is 22.7 Å². The fourth-order valence-electron chi connectivity index (χ4n) is 3.55. The minimum absolute atomic E-state index is 0.248. The molecule has 5 rings (SSSR count). The molecule has 4 aromatic heterocycles. The van der Waals surface area contributed by atoms with Crippen LogP contribution in [0.25, 0.3) is 15.9 Å². The number of fused-ring (bicyclic) bond motifs is 5. The highest BCUT2D eigenvalue weighted by molar-refractivity contribution is 7.19. The van der Waals surface area contributed by atoms with Crippen LogP contribution in [0.15, 0.2) is 29.0 Å². The molecule has 4 heterocycles. The predicted molar refractivity (Wildman–Crippen MR) is 109 cm³/mol. The van der Waals surface area contributed by atoms with Crippen LogP contribution < -0.4 is 0 Å². The van der Waals surface area contributed by atoms with Crippen molar-refractivity contribution in [1.29, 1.82) is 0 Å². The van der Waals surface area contributed by atoms with Gasteiger partial charge in [0.05, 0.1) is 16.0 Å². The summed E-state index contributed by atoms with van der Waals surface area (Å²) in [7, 11) is 0. The Bertz CT molecular complexity index is 1130. The average Bonchev–Trinajstić information content (AvgIpc) is 3.37. The summed E-state index contributed by atoms with van der Waals surface area (Å²) in [5, 5.41) is 11.9. The fraction of sp³-hybridized carbons (Fsp3) is 0.368.